The number of rotatable bonds is 10. The van der Waals surface area contributed by atoms with Gasteiger partial charge in [-0.2, -0.15) is 5.10 Å². The number of hydrogen-bond donors (Lipinski definition) is 2. The fraction of sp³-hybridized carbons (Fsp3) is 0.250. The van der Waals surface area contributed by atoms with Gasteiger partial charge in [0.05, 0.1) is 13.3 Å². The van der Waals surface area contributed by atoms with Crippen molar-refractivity contribution in [3.8, 4) is 11.5 Å². The van der Waals surface area contributed by atoms with Crippen molar-refractivity contribution < 1.29 is 19.1 Å². The summed E-state index contributed by atoms with van der Waals surface area (Å²) in [5.74, 6) is 0.338. The summed E-state index contributed by atoms with van der Waals surface area (Å²) in [6.45, 7) is 6.18. The van der Waals surface area contributed by atoms with Crippen LogP contribution >= 0.6 is 0 Å². The van der Waals surface area contributed by atoms with Gasteiger partial charge >= 0.3 is 0 Å². The van der Waals surface area contributed by atoms with Crippen LogP contribution in [0.3, 0.4) is 0 Å². The van der Waals surface area contributed by atoms with Gasteiger partial charge in [0.15, 0.2) is 11.5 Å². The molecule has 0 saturated heterocycles. The first-order valence-electron chi connectivity index (χ1n) is 11.4. The maximum atomic E-state index is 12.7. The van der Waals surface area contributed by atoms with Crippen LogP contribution < -0.4 is 20.2 Å². The minimum atomic E-state index is -0.730. The van der Waals surface area contributed by atoms with E-state index >= 15 is 0 Å². The SMILES string of the molecule is COc1cc(C=NNC(=O)C(NC(=O)c2ccccc2)C(C)C)ccc1OCc1cccc(C)c1. The van der Waals surface area contributed by atoms with Crippen LogP contribution in [0.4, 0.5) is 0 Å². The van der Waals surface area contributed by atoms with Crippen LogP contribution in [0.1, 0.15) is 40.9 Å². The van der Waals surface area contributed by atoms with Crippen molar-refractivity contribution >= 4 is 18.0 Å². The first-order chi connectivity index (χ1) is 16.9. The van der Waals surface area contributed by atoms with Gasteiger partial charge in [-0.25, -0.2) is 5.43 Å². The van der Waals surface area contributed by atoms with E-state index in [1.165, 1.54) is 11.8 Å². The van der Waals surface area contributed by atoms with E-state index in [9.17, 15) is 9.59 Å². The number of amides is 2. The largest absolute Gasteiger partial charge is 0.493 e. The Morgan fingerprint density at radius 2 is 1.74 bits per heavy atom. The van der Waals surface area contributed by atoms with Gasteiger partial charge in [-0.3, -0.25) is 9.59 Å². The van der Waals surface area contributed by atoms with E-state index in [-0.39, 0.29) is 11.8 Å². The Labute approximate surface area is 206 Å². The molecule has 0 fully saturated rings. The Morgan fingerprint density at radius 1 is 0.971 bits per heavy atom. The van der Waals surface area contributed by atoms with Gasteiger partial charge in [0, 0.05) is 5.56 Å². The summed E-state index contributed by atoms with van der Waals surface area (Å²) in [7, 11) is 1.57. The maximum Gasteiger partial charge on any atom is 0.262 e. The van der Waals surface area contributed by atoms with E-state index in [0.29, 0.717) is 23.7 Å². The highest BCUT2D eigenvalue weighted by molar-refractivity contribution is 5.97. The molecule has 0 bridgehead atoms. The van der Waals surface area contributed by atoms with Crippen LogP contribution in [0.2, 0.25) is 0 Å². The summed E-state index contributed by atoms with van der Waals surface area (Å²) < 4.78 is 11.4. The molecule has 0 aliphatic heterocycles. The zero-order valence-electron chi connectivity index (χ0n) is 20.4. The quantitative estimate of drug-likeness (QED) is 0.335. The van der Waals surface area contributed by atoms with E-state index in [0.717, 1.165) is 11.1 Å². The van der Waals surface area contributed by atoms with Crippen molar-refractivity contribution in [1.82, 2.24) is 10.7 Å². The normalized spacial score (nSPS) is 11.8. The van der Waals surface area contributed by atoms with Crippen molar-refractivity contribution in [1.29, 1.82) is 0 Å². The molecule has 2 amide bonds. The molecule has 3 aromatic carbocycles. The third-order valence-corrected chi connectivity index (χ3v) is 5.32. The predicted octanol–water partition coefficient (Wildman–Crippen LogP) is 4.49. The predicted molar refractivity (Wildman–Crippen MR) is 137 cm³/mol. The number of benzene rings is 3. The number of carbonyl (C=O) groups excluding carboxylic acids is 2. The molecule has 35 heavy (non-hydrogen) atoms. The van der Waals surface area contributed by atoms with Gasteiger partial charge in [0.2, 0.25) is 0 Å². The van der Waals surface area contributed by atoms with Gasteiger partial charge in [0.25, 0.3) is 11.8 Å². The third kappa shape index (κ3) is 7.43. The van der Waals surface area contributed by atoms with Crippen LogP contribution in [0, 0.1) is 12.8 Å². The number of ether oxygens (including phenoxy) is 2. The zero-order valence-corrected chi connectivity index (χ0v) is 20.4. The maximum absolute atomic E-state index is 12.7. The summed E-state index contributed by atoms with van der Waals surface area (Å²) in [6, 6.07) is 21.6. The van der Waals surface area contributed by atoms with Gasteiger partial charge in [-0.15, -0.1) is 0 Å². The topological polar surface area (TPSA) is 89.0 Å². The van der Waals surface area contributed by atoms with Crippen LogP contribution in [-0.2, 0) is 11.4 Å². The second kappa shape index (κ2) is 12.4. The lowest BCUT2D eigenvalue weighted by atomic mass is 10.0. The van der Waals surface area contributed by atoms with Crippen molar-refractivity contribution in [3.63, 3.8) is 0 Å². The number of methoxy groups -OCH3 is 1. The molecule has 0 radical (unpaired) electrons. The molecule has 0 aliphatic carbocycles. The number of hydrogen-bond acceptors (Lipinski definition) is 5. The second-order valence-electron chi connectivity index (χ2n) is 8.48. The number of hydrazone groups is 1. The average molecular weight is 474 g/mol. The molecule has 0 aliphatic rings. The molecule has 0 heterocycles. The van der Waals surface area contributed by atoms with Crippen molar-refractivity contribution in [2.75, 3.05) is 7.11 Å². The van der Waals surface area contributed by atoms with Gasteiger partial charge < -0.3 is 14.8 Å². The summed E-state index contributed by atoms with van der Waals surface area (Å²) in [5, 5.41) is 6.84. The molecule has 7 heteroatoms. The highest BCUT2D eigenvalue weighted by atomic mass is 16.5. The number of carbonyl (C=O) groups is 2. The van der Waals surface area contributed by atoms with Gasteiger partial charge in [-0.1, -0.05) is 61.9 Å². The highest BCUT2D eigenvalue weighted by Gasteiger charge is 2.24. The molecule has 0 saturated carbocycles. The standard InChI is InChI=1S/C28H31N3O4/c1-19(2)26(30-27(32)23-11-6-5-7-12-23)28(33)31-29-17-21-13-14-24(25(16-21)34-4)35-18-22-10-8-9-20(3)15-22/h5-17,19,26H,18H2,1-4H3,(H,30,32)(H,31,33). The highest BCUT2D eigenvalue weighted by Crippen LogP contribution is 2.28. The number of nitrogens with zero attached hydrogens (tertiary/aromatic N) is 1. The lowest BCUT2D eigenvalue weighted by molar-refractivity contribution is -0.123. The Hall–Kier alpha value is -4.13. The van der Waals surface area contributed by atoms with Gasteiger partial charge in [-0.05, 0) is 54.3 Å². The average Bonchev–Trinajstić information content (AvgIpc) is 2.86. The lowest BCUT2D eigenvalue weighted by Gasteiger charge is -2.20. The van der Waals surface area contributed by atoms with E-state index in [2.05, 4.69) is 21.9 Å². The van der Waals surface area contributed by atoms with Gasteiger partial charge in [0.1, 0.15) is 12.6 Å². The fourth-order valence-corrected chi connectivity index (χ4v) is 3.44. The minimum Gasteiger partial charge on any atom is -0.493 e. The van der Waals surface area contributed by atoms with Crippen molar-refractivity contribution in [2.45, 2.75) is 33.4 Å². The molecule has 0 spiro atoms. The molecular formula is C28H31N3O4. The smallest absolute Gasteiger partial charge is 0.262 e. The summed E-state index contributed by atoms with van der Waals surface area (Å²) in [5.41, 5.74) is 5.97. The van der Waals surface area contributed by atoms with Crippen LogP contribution in [-0.4, -0.2) is 31.2 Å². The Balaban J connectivity index is 1.60. The Kier molecular flexibility index (Phi) is 9.01. The summed E-state index contributed by atoms with van der Waals surface area (Å²) in [4.78, 5) is 25.1. The molecule has 3 rings (SSSR count). The molecule has 7 nitrogen and oxygen atoms in total. The van der Waals surface area contributed by atoms with Crippen molar-refractivity contribution in [2.24, 2.45) is 11.0 Å². The van der Waals surface area contributed by atoms with Crippen molar-refractivity contribution in [3.05, 3.63) is 95.1 Å². The summed E-state index contributed by atoms with van der Waals surface area (Å²) >= 11 is 0. The number of nitrogens with one attached hydrogen (secondary N) is 2. The second-order valence-corrected chi connectivity index (χ2v) is 8.48. The van der Waals surface area contributed by atoms with Crippen LogP contribution in [0.5, 0.6) is 11.5 Å². The third-order valence-electron chi connectivity index (χ3n) is 5.32. The first-order valence-corrected chi connectivity index (χ1v) is 11.4. The molecular weight excluding hydrogens is 442 g/mol. The molecule has 0 aromatic heterocycles. The van der Waals surface area contributed by atoms with Crippen LogP contribution in [0.25, 0.3) is 0 Å². The summed E-state index contributed by atoms with van der Waals surface area (Å²) in [6.07, 6.45) is 1.52. The monoisotopic (exact) mass is 473 g/mol. The zero-order chi connectivity index (χ0) is 25.2. The molecule has 1 unspecified atom stereocenters. The number of aryl methyl sites for hydroxylation is 1. The van der Waals surface area contributed by atoms with Crippen LogP contribution in [0.15, 0.2) is 77.9 Å². The minimum absolute atomic E-state index is 0.122. The molecule has 182 valence electrons. The lowest BCUT2D eigenvalue weighted by Crippen LogP contribution is -2.48. The Bertz CT molecular complexity index is 1180. The van der Waals surface area contributed by atoms with E-state index < -0.39 is 11.9 Å². The van der Waals surface area contributed by atoms with E-state index in [1.807, 2.05) is 51.1 Å². The molecule has 1 atom stereocenters. The fourth-order valence-electron chi connectivity index (χ4n) is 3.44. The first kappa shape index (κ1) is 25.5. The van der Waals surface area contributed by atoms with E-state index in [1.54, 1.807) is 43.5 Å². The van der Waals surface area contributed by atoms with E-state index in [4.69, 9.17) is 9.47 Å². The Morgan fingerprint density at radius 3 is 2.43 bits per heavy atom. The molecule has 3 aromatic rings. The molecule has 2 N–H and O–H groups in total.